The van der Waals surface area contributed by atoms with E-state index in [9.17, 15) is 23.7 Å². The Morgan fingerprint density at radius 2 is 2.03 bits per heavy atom. The van der Waals surface area contributed by atoms with Crippen molar-refractivity contribution in [2.45, 2.75) is 49.2 Å². The van der Waals surface area contributed by atoms with Crippen LogP contribution in [0.1, 0.15) is 25.6 Å². The summed E-state index contributed by atoms with van der Waals surface area (Å²) in [5, 5.41) is 11.1. The molecule has 14 heteroatoms. The van der Waals surface area contributed by atoms with Crippen molar-refractivity contribution in [3.8, 4) is 5.75 Å². The van der Waals surface area contributed by atoms with E-state index in [0.29, 0.717) is 0 Å². The molecule has 3 rings (SSSR count). The highest BCUT2D eigenvalue weighted by molar-refractivity contribution is 8.00. The normalized spacial score (nSPS) is 24.3. The Morgan fingerprint density at radius 3 is 2.64 bits per heavy atom. The highest BCUT2D eigenvalue weighted by Crippen LogP contribution is 2.49. The van der Waals surface area contributed by atoms with Gasteiger partial charge in [-0.1, -0.05) is 32.0 Å². The zero-order valence-corrected chi connectivity index (χ0v) is 21.7. The topological polar surface area (TPSA) is 155 Å². The number of carbonyl (C=O) groups is 1. The van der Waals surface area contributed by atoms with Gasteiger partial charge in [0.05, 0.1) is 19.0 Å². The highest BCUT2D eigenvalue weighted by Gasteiger charge is 2.46. The van der Waals surface area contributed by atoms with Crippen LogP contribution in [0, 0.1) is 5.92 Å². The molecule has 4 N–H and O–H groups in total. The standard InChI is InChI=1S/C22H30FN4O7PS/c1-13(2)11-15(21(29)32-3)26-35(31,34-14-7-5-4-6-8-14)33-12-16-19(28)18(23)20(36-16)27-10-9-17(24)25-22(27)30/h4-10,13,15-16,18-20,28H,11-12H2,1-3H3,(H,26,31)(H2,24,25,30)/t15-,16+,18-,19+,20+,35?/m0/s1. The number of carbonyl (C=O) groups excluding carboxylic acids is 1. The second-order valence-electron chi connectivity index (χ2n) is 8.57. The first-order chi connectivity index (χ1) is 17.0. The van der Waals surface area contributed by atoms with Crippen LogP contribution in [0.3, 0.4) is 0 Å². The lowest BCUT2D eigenvalue weighted by Gasteiger charge is -2.26. The SMILES string of the molecule is COC(=O)[C@H](CC(C)C)NP(=O)(OC[C@H]1S[C@@H](n2ccc(N)nc2=O)[C@@H](F)[C@@H]1O)Oc1ccccc1. The van der Waals surface area contributed by atoms with Crippen LogP contribution in [0.2, 0.25) is 0 Å². The molecule has 0 spiro atoms. The summed E-state index contributed by atoms with van der Waals surface area (Å²) in [5.74, 6) is -0.416. The molecule has 0 aliphatic carbocycles. The molecule has 36 heavy (non-hydrogen) atoms. The van der Waals surface area contributed by atoms with Gasteiger partial charge in [0.1, 0.15) is 29.1 Å². The number of ether oxygens (including phenoxy) is 1. The van der Waals surface area contributed by atoms with Crippen LogP contribution in [0.4, 0.5) is 10.2 Å². The number of nitrogens with one attached hydrogen (secondary N) is 1. The molecule has 1 fully saturated rings. The maximum absolute atomic E-state index is 14.9. The minimum Gasteiger partial charge on any atom is -0.468 e. The summed E-state index contributed by atoms with van der Waals surface area (Å²) in [5.41, 5.74) is 4.73. The van der Waals surface area contributed by atoms with Crippen LogP contribution in [0.25, 0.3) is 0 Å². The van der Waals surface area contributed by atoms with Gasteiger partial charge in [0.2, 0.25) is 0 Å². The lowest BCUT2D eigenvalue weighted by Crippen LogP contribution is -2.39. The van der Waals surface area contributed by atoms with E-state index in [2.05, 4.69) is 10.1 Å². The van der Waals surface area contributed by atoms with Gasteiger partial charge < -0.3 is 20.1 Å². The number of para-hydroxylation sites is 1. The van der Waals surface area contributed by atoms with Crippen molar-refractivity contribution in [1.29, 1.82) is 0 Å². The Kier molecular flexibility index (Phi) is 9.53. The Labute approximate surface area is 212 Å². The van der Waals surface area contributed by atoms with Gasteiger partial charge in [-0.05, 0) is 30.5 Å². The molecule has 1 saturated heterocycles. The molecule has 1 unspecified atom stereocenters. The molecule has 0 bridgehead atoms. The molecule has 1 aromatic heterocycles. The fraction of sp³-hybridized carbons (Fsp3) is 0.500. The molecule has 6 atom stereocenters. The maximum atomic E-state index is 14.9. The van der Waals surface area contributed by atoms with E-state index < -0.39 is 55.0 Å². The van der Waals surface area contributed by atoms with Crippen LogP contribution in [-0.2, 0) is 18.6 Å². The molecule has 11 nitrogen and oxygen atoms in total. The Morgan fingerprint density at radius 1 is 1.33 bits per heavy atom. The fourth-order valence-corrected chi connectivity index (χ4v) is 6.62. The van der Waals surface area contributed by atoms with Gasteiger partial charge in [-0.15, -0.1) is 11.8 Å². The maximum Gasteiger partial charge on any atom is 0.459 e. The number of aliphatic hydroxyl groups excluding tert-OH is 1. The average Bonchev–Trinajstić information content (AvgIpc) is 3.11. The number of aliphatic hydroxyl groups is 1. The number of hydrogen-bond donors (Lipinski definition) is 3. The Bertz CT molecular complexity index is 1140. The molecular formula is C22H30FN4O7PS. The number of hydrogen-bond acceptors (Lipinski definition) is 10. The average molecular weight is 545 g/mol. The van der Waals surface area contributed by atoms with Gasteiger partial charge in [-0.3, -0.25) is 13.9 Å². The minimum atomic E-state index is -4.22. The minimum absolute atomic E-state index is 0.0123. The zero-order chi connectivity index (χ0) is 26.5. The van der Waals surface area contributed by atoms with E-state index >= 15 is 0 Å². The van der Waals surface area contributed by atoms with Gasteiger partial charge in [0.25, 0.3) is 0 Å². The number of esters is 1. The van der Waals surface area contributed by atoms with Gasteiger partial charge in [0, 0.05) is 6.20 Å². The monoisotopic (exact) mass is 544 g/mol. The van der Waals surface area contributed by atoms with Crippen molar-refractivity contribution in [3.05, 3.63) is 53.1 Å². The number of nitrogen functional groups attached to an aromatic ring is 1. The molecule has 198 valence electrons. The molecule has 1 aliphatic heterocycles. The Balaban J connectivity index is 1.80. The summed E-state index contributed by atoms with van der Waals surface area (Å²) < 4.78 is 45.8. The van der Waals surface area contributed by atoms with Gasteiger partial charge in [-0.2, -0.15) is 10.1 Å². The van der Waals surface area contributed by atoms with Crippen molar-refractivity contribution >= 4 is 31.3 Å². The number of anilines is 1. The molecule has 1 aliphatic rings. The zero-order valence-electron chi connectivity index (χ0n) is 20.0. The predicted octanol–water partition coefficient (Wildman–Crippen LogP) is 2.52. The molecule has 0 radical (unpaired) electrons. The van der Waals surface area contributed by atoms with Crippen LogP contribution >= 0.6 is 19.5 Å². The van der Waals surface area contributed by atoms with Gasteiger partial charge in [0.15, 0.2) is 6.17 Å². The number of alkyl halides is 1. The number of thioether (sulfide) groups is 1. The third kappa shape index (κ3) is 7.07. The van der Waals surface area contributed by atoms with Gasteiger partial charge >= 0.3 is 19.4 Å². The van der Waals surface area contributed by atoms with Crippen LogP contribution in [-0.4, -0.2) is 57.9 Å². The number of rotatable bonds is 11. The molecule has 1 aromatic carbocycles. The Hall–Kier alpha value is -2.44. The van der Waals surface area contributed by atoms with E-state index in [0.717, 1.165) is 16.3 Å². The number of nitrogens with two attached hydrogens (primary N) is 1. The van der Waals surface area contributed by atoms with Crippen molar-refractivity contribution in [1.82, 2.24) is 14.6 Å². The van der Waals surface area contributed by atoms with Crippen molar-refractivity contribution in [3.63, 3.8) is 0 Å². The summed E-state index contributed by atoms with van der Waals surface area (Å²) in [7, 11) is -3.01. The first kappa shape index (κ1) is 28.1. The molecule has 0 saturated carbocycles. The summed E-state index contributed by atoms with van der Waals surface area (Å²) in [6.45, 7) is 3.34. The predicted molar refractivity (Wildman–Crippen MR) is 133 cm³/mol. The third-order valence-electron chi connectivity index (χ3n) is 5.30. The van der Waals surface area contributed by atoms with E-state index in [1.54, 1.807) is 30.3 Å². The van der Waals surface area contributed by atoms with E-state index in [-0.39, 0.29) is 23.9 Å². The third-order valence-corrected chi connectivity index (χ3v) is 8.40. The molecule has 2 aromatic rings. The van der Waals surface area contributed by atoms with E-state index in [1.165, 1.54) is 19.4 Å². The number of halogens is 1. The first-order valence-electron chi connectivity index (χ1n) is 11.2. The van der Waals surface area contributed by atoms with Gasteiger partial charge in [-0.25, -0.2) is 13.8 Å². The second kappa shape index (κ2) is 12.2. The first-order valence-corrected chi connectivity index (χ1v) is 13.7. The fourth-order valence-electron chi connectivity index (χ4n) is 3.57. The van der Waals surface area contributed by atoms with Crippen LogP contribution < -0.4 is 21.0 Å². The smallest absolute Gasteiger partial charge is 0.459 e. The molecule has 2 heterocycles. The molecular weight excluding hydrogens is 514 g/mol. The summed E-state index contributed by atoms with van der Waals surface area (Å²) in [6.07, 6.45) is -1.80. The van der Waals surface area contributed by atoms with Crippen LogP contribution in [0.15, 0.2) is 47.4 Å². The van der Waals surface area contributed by atoms with E-state index in [4.69, 9.17) is 19.5 Å². The lowest BCUT2D eigenvalue weighted by atomic mass is 10.1. The molecule has 0 amide bonds. The summed E-state index contributed by atoms with van der Waals surface area (Å²) >= 11 is 0.923. The van der Waals surface area contributed by atoms with Crippen molar-refractivity contribution < 1.29 is 32.6 Å². The lowest BCUT2D eigenvalue weighted by molar-refractivity contribution is -0.143. The number of benzene rings is 1. The number of methoxy groups -OCH3 is 1. The number of nitrogens with zero attached hydrogens (tertiary/aromatic N) is 2. The largest absolute Gasteiger partial charge is 0.468 e. The van der Waals surface area contributed by atoms with Crippen molar-refractivity contribution in [2.75, 3.05) is 19.5 Å². The quantitative estimate of drug-likeness (QED) is 0.282. The highest BCUT2D eigenvalue weighted by atomic mass is 32.2. The number of aromatic nitrogens is 2. The van der Waals surface area contributed by atoms with E-state index in [1.807, 2.05) is 13.8 Å². The summed E-state index contributed by atoms with van der Waals surface area (Å²) in [6, 6.07) is 8.52. The second-order valence-corrected chi connectivity index (χ2v) is 11.6. The van der Waals surface area contributed by atoms with Crippen LogP contribution in [0.5, 0.6) is 5.75 Å². The van der Waals surface area contributed by atoms with Crippen molar-refractivity contribution in [2.24, 2.45) is 5.92 Å². The summed E-state index contributed by atoms with van der Waals surface area (Å²) in [4.78, 5) is 28.1.